The van der Waals surface area contributed by atoms with Crippen LogP contribution < -0.4 is 9.64 Å². The minimum atomic E-state index is -1.12. The fraction of sp³-hybridized carbons (Fsp3) is 0.357. The predicted molar refractivity (Wildman–Crippen MR) is 149 cm³/mol. The number of hydrogen-bond acceptors (Lipinski definition) is 9. The van der Waals surface area contributed by atoms with Crippen LogP contribution >= 0.6 is 11.6 Å². The van der Waals surface area contributed by atoms with Gasteiger partial charge in [-0.25, -0.2) is 9.97 Å². The number of carboxylic acids is 1. The molecule has 0 bridgehead atoms. The molecule has 4 heterocycles. The van der Waals surface area contributed by atoms with E-state index in [-0.39, 0.29) is 18.3 Å². The Morgan fingerprint density at radius 3 is 2.42 bits per heavy atom. The van der Waals surface area contributed by atoms with E-state index in [2.05, 4.69) is 9.97 Å². The monoisotopic (exact) mass is 561 g/mol. The van der Waals surface area contributed by atoms with E-state index in [0.717, 1.165) is 5.69 Å². The number of piperidine rings is 1. The van der Waals surface area contributed by atoms with Gasteiger partial charge in [0.1, 0.15) is 24.2 Å². The molecule has 0 unspecified atom stereocenters. The molecule has 0 spiro atoms. The van der Waals surface area contributed by atoms with Crippen LogP contribution in [0.5, 0.6) is 6.01 Å². The first-order valence-corrected chi connectivity index (χ1v) is 13.1. The number of fused-ring (bicyclic) bond motifs is 1. The number of aliphatic carboxylic acids is 1. The Hall–Kier alpha value is -4.27. The average Bonchev–Trinajstić information content (AvgIpc) is 3.31. The lowest BCUT2D eigenvalue weighted by Gasteiger charge is -2.37. The van der Waals surface area contributed by atoms with Gasteiger partial charge in [-0.1, -0.05) is 11.6 Å². The van der Waals surface area contributed by atoms with Gasteiger partial charge >= 0.3 is 12.0 Å². The van der Waals surface area contributed by atoms with E-state index in [9.17, 15) is 20.3 Å². The van der Waals surface area contributed by atoms with Crippen molar-refractivity contribution >= 4 is 34.6 Å². The lowest BCUT2D eigenvalue weighted by atomic mass is 9.80. The van der Waals surface area contributed by atoms with Crippen LogP contribution in [0.15, 0.2) is 42.6 Å². The first-order valence-electron chi connectivity index (χ1n) is 12.7. The number of imidazole rings is 1. The van der Waals surface area contributed by atoms with Crippen molar-refractivity contribution in [2.45, 2.75) is 39.2 Å². The normalized spacial score (nSPS) is 15.2. The number of rotatable bonds is 7. The summed E-state index contributed by atoms with van der Waals surface area (Å²) in [4.78, 5) is 32.4. The van der Waals surface area contributed by atoms with Crippen LogP contribution in [0.4, 0.5) is 5.82 Å². The summed E-state index contributed by atoms with van der Waals surface area (Å²) >= 11 is 6.18. The third kappa shape index (κ3) is 5.41. The molecule has 5 rings (SSSR count). The van der Waals surface area contributed by atoms with Gasteiger partial charge < -0.3 is 19.8 Å². The fourth-order valence-corrected chi connectivity index (χ4v) is 4.62. The van der Waals surface area contributed by atoms with Crippen LogP contribution in [0.25, 0.3) is 28.2 Å². The molecule has 3 aromatic heterocycles. The predicted octanol–water partition coefficient (Wildman–Crippen LogP) is 4.24. The van der Waals surface area contributed by atoms with Crippen molar-refractivity contribution in [2.24, 2.45) is 5.41 Å². The number of aliphatic hydroxyl groups is 1. The first kappa shape index (κ1) is 27.3. The van der Waals surface area contributed by atoms with Gasteiger partial charge in [-0.05, 0) is 70.0 Å². The van der Waals surface area contributed by atoms with E-state index >= 15 is 0 Å². The molecule has 1 saturated heterocycles. The van der Waals surface area contributed by atoms with E-state index in [1.807, 2.05) is 27.7 Å². The molecule has 0 radical (unpaired) electrons. The summed E-state index contributed by atoms with van der Waals surface area (Å²) in [7, 11) is 0. The number of carboxylic acid groups (broad SMARTS) is 1. The quantitative estimate of drug-likeness (QED) is 0.335. The van der Waals surface area contributed by atoms with Gasteiger partial charge in [-0.2, -0.15) is 15.2 Å². The van der Waals surface area contributed by atoms with Crippen molar-refractivity contribution in [1.29, 1.82) is 5.26 Å². The molecule has 206 valence electrons. The molecular formula is C28H28ClN7O4. The Morgan fingerprint density at radius 2 is 1.85 bits per heavy atom. The van der Waals surface area contributed by atoms with Gasteiger partial charge in [-0.15, -0.1) is 0 Å². The van der Waals surface area contributed by atoms with E-state index in [1.54, 1.807) is 51.2 Å². The number of halogens is 1. The Bertz CT molecular complexity index is 1600. The lowest BCUT2D eigenvalue weighted by molar-refractivity contribution is -0.149. The Kier molecular flexibility index (Phi) is 7.08. The second-order valence-corrected chi connectivity index (χ2v) is 11.2. The van der Waals surface area contributed by atoms with Crippen LogP contribution in [0.1, 0.15) is 39.3 Å². The Balaban J connectivity index is 1.72. The molecule has 12 heteroatoms. The highest BCUT2D eigenvalue weighted by Gasteiger charge is 2.38. The van der Waals surface area contributed by atoms with Crippen molar-refractivity contribution in [2.75, 3.05) is 24.6 Å². The standard InChI is InChI=1S/C28H28ClN7O4/c1-27(2,39)16-40-26-33-23(35-12-10-28(3,11-13-35)25(37)38)21-24(34-26)36(20-8-5-18(29)6-9-20)22(32-21)17-4-7-19(14-30)31-15-17/h4-9,15,39H,10-13,16H2,1-3H3,(H,37,38). The van der Waals surface area contributed by atoms with Gasteiger partial charge in [0.15, 0.2) is 17.0 Å². The zero-order valence-corrected chi connectivity index (χ0v) is 23.1. The van der Waals surface area contributed by atoms with Crippen LogP contribution in [0.3, 0.4) is 0 Å². The molecule has 0 saturated carbocycles. The summed E-state index contributed by atoms with van der Waals surface area (Å²) in [5.74, 6) is 0.187. The van der Waals surface area contributed by atoms with Gasteiger partial charge in [-0.3, -0.25) is 9.36 Å². The Morgan fingerprint density at radius 1 is 1.15 bits per heavy atom. The SMILES string of the molecule is CC(C)(O)COc1nc(N2CCC(C)(C(=O)O)CC2)c2nc(-c3ccc(C#N)nc3)n(-c3ccc(Cl)cc3)c2n1. The molecule has 11 nitrogen and oxygen atoms in total. The number of ether oxygens (including phenoxy) is 1. The lowest BCUT2D eigenvalue weighted by Crippen LogP contribution is -2.43. The van der Waals surface area contributed by atoms with E-state index < -0.39 is 17.0 Å². The average molecular weight is 562 g/mol. The largest absolute Gasteiger partial charge is 0.481 e. The third-order valence-electron chi connectivity index (χ3n) is 6.93. The maximum Gasteiger partial charge on any atom is 0.320 e. The second-order valence-electron chi connectivity index (χ2n) is 10.7. The molecular weight excluding hydrogens is 534 g/mol. The van der Waals surface area contributed by atoms with Gasteiger partial charge in [0.2, 0.25) is 0 Å². The van der Waals surface area contributed by atoms with Crippen LogP contribution in [0.2, 0.25) is 5.02 Å². The number of pyridine rings is 1. The highest BCUT2D eigenvalue weighted by atomic mass is 35.5. The maximum atomic E-state index is 11.9. The topological polar surface area (TPSA) is 150 Å². The second kappa shape index (κ2) is 10.4. The van der Waals surface area contributed by atoms with E-state index in [0.29, 0.717) is 59.3 Å². The number of anilines is 1. The molecule has 0 aliphatic carbocycles. The summed E-state index contributed by atoms with van der Waals surface area (Å²) < 4.78 is 7.68. The number of benzene rings is 1. The molecule has 1 fully saturated rings. The van der Waals surface area contributed by atoms with Crippen molar-refractivity contribution in [3.63, 3.8) is 0 Å². The van der Waals surface area contributed by atoms with E-state index in [4.69, 9.17) is 26.3 Å². The van der Waals surface area contributed by atoms with Crippen molar-refractivity contribution in [1.82, 2.24) is 24.5 Å². The fourth-order valence-electron chi connectivity index (χ4n) is 4.50. The number of aromatic nitrogens is 5. The van der Waals surface area contributed by atoms with Crippen molar-refractivity contribution < 1.29 is 19.7 Å². The molecule has 4 aromatic rings. The zero-order chi connectivity index (χ0) is 28.7. The third-order valence-corrected chi connectivity index (χ3v) is 7.18. The first-order chi connectivity index (χ1) is 19.0. The van der Waals surface area contributed by atoms with Gasteiger partial charge in [0.25, 0.3) is 0 Å². The molecule has 40 heavy (non-hydrogen) atoms. The summed E-state index contributed by atoms with van der Waals surface area (Å²) in [5, 5.41) is 29.8. The summed E-state index contributed by atoms with van der Waals surface area (Å²) in [6.45, 7) is 5.85. The molecule has 1 aliphatic heterocycles. The van der Waals surface area contributed by atoms with Crippen molar-refractivity contribution in [3.05, 3.63) is 53.3 Å². The molecule has 1 aliphatic rings. The molecule has 1 aromatic carbocycles. The summed E-state index contributed by atoms with van der Waals surface area (Å²) in [6, 6.07) is 12.6. The minimum absolute atomic E-state index is 0.0451. The van der Waals surface area contributed by atoms with Crippen LogP contribution in [-0.4, -0.2) is 66.0 Å². The van der Waals surface area contributed by atoms with Crippen LogP contribution in [0, 0.1) is 16.7 Å². The molecule has 0 atom stereocenters. The van der Waals surface area contributed by atoms with E-state index in [1.165, 1.54) is 0 Å². The van der Waals surface area contributed by atoms with Gasteiger partial charge in [0.05, 0.1) is 11.0 Å². The number of hydrogen-bond donors (Lipinski definition) is 2. The number of nitriles is 1. The molecule has 2 N–H and O–H groups in total. The smallest absolute Gasteiger partial charge is 0.320 e. The Labute approximate surface area is 235 Å². The van der Waals surface area contributed by atoms with Crippen LogP contribution in [-0.2, 0) is 4.79 Å². The van der Waals surface area contributed by atoms with Crippen molar-refractivity contribution in [3.8, 4) is 29.2 Å². The molecule has 0 amide bonds. The summed E-state index contributed by atoms with van der Waals surface area (Å²) in [5.41, 5.74) is 0.631. The summed E-state index contributed by atoms with van der Waals surface area (Å²) in [6.07, 6.45) is 2.43. The van der Waals surface area contributed by atoms with Gasteiger partial charge in [0, 0.05) is 35.6 Å². The highest BCUT2D eigenvalue weighted by Crippen LogP contribution is 2.37. The minimum Gasteiger partial charge on any atom is -0.481 e. The number of nitrogens with zero attached hydrogens (tertiary/aromatic N) is 7. The maximum absolute atomic E-state index is 11.9. The number of carbonyl (C=O) groups is 1. The zero-order valence-electron chi connectivity index (χ0n) is 22.3. The highest BCUT2D eigenvalue weighted by molar-refractivity contribution is 6.30.